The zero-order chi connectivity index (χ0) is 19.8. The summed E-state index contributed by atoms with van der Waals surface area (Å²) in [7, 11) is 3.52. The van der Waals surface area contributed by atoms with E-state index in [9.17, 15) is 0 Å². The molecule has 0 saturated carbocycles. The van der Waals surface area contributed by atoms with Gasteiger partial charge in [-0.25, -0.2) is 0 Å². The Bertz CT molecular complexity index is 1190. The summed E-state index contributed by atoms with van der Waals surface area (Å²) >= 11 is 0. The third-order valence-electron chi connectivity index (χ3n) is 6.03. The van der Waals surface area contributed by atoms with Crippen LogP contribution in [0.2, 0.25) is 0 Å². The summed E-state index contributed by atoms with van der Waals surface area (Å²) in [5.74, 6) is 1.81. The average Bonchev–Trinajstić information content (AvgIpc) is 3.32. The summed E-state index contributed by atoms with van der Waals surface area (Å²) in [5.41, 5.74) is 3.44. The van der Waals surface area contributed by atoms with Gasteiger partial charge in [-0.15, -0.1) is 0 Å². The van der Waals surface area contributed by atoms with Crippen LogP contribution in [0.4, 0.5) is 0 Å². The van der Waals surface area contributed by atoms with Crippen molar-refractivity contribution >= 4 is 21.5 Å². The molecule has 0 amide bonds. The monoisotopic (exact) mass is 383 g/mol. The van der Waals surface area contributed by atoms with Crippen LogP contribution in [0, 0.1) is 0 Å². The third-order valence-corrected chi connectivity index (χ3v) is 6.03. The van der Waals surface area contributed by atoms with E-state index in [1.807, 2.05) is 0 Å². The lowest BCUT2D eigenvalue weighted by molar-refractivity contribution is 0.403. The molecule has 1 N–H and O–H groups in total. The first-order chi connectivity index (χ1) is 14.3. The van der Waals surface area contributed by atoms with Gasteiger partial charge in [0.25, 0.3) is 0 Å². The summed E-state index contributed by atoms with van der Waals surface area (Å²) in [6.45, 7) is 1.05. The van der Waals surface area contributed by atoms with Crippen molar-refractivity contribution in [3.8, 4) is 22.6 Å². The van der Waals surface area contributed by atoms with Gasteiger partial charge in [0.05, 0.1) is 14.2 Å². The van der Waals surface area contributed by atoms with E-state index in [0.717, 1.165) is 35.6 Å². The molecule has 29 heavy (non-hydrogen) atoms. The second-order valence-corrected chi connectivity index (χ2v) is 7.61. The normalized spacial score (nSPS) is 16.4. The summed E-state index contributed by atoms with van der Waals surface area (Å²) < 4.78 is 12.0. The standard InChI is InChI=1S/C26H25NO2/c1-28-23-14-13-17-8-3-5-10-19(17)24(23)25-20-11-6-4-9-18(20)16-21(26(25)29-2)22-12-7-15-27-22/h3-6,8-11,13-14,16,22,27H,7,12,15H2,1-2H3. The molecule has 1 saturated heterocycles. The van der Waals surface area contributed by atoms with E-state index in [1.165, 1.54) is 33.5 Å². The first-order valence-corrected chi connectivity index (χ1v) is 10.2. The van der Waals surface area contributed by atoms with E-state index in [4.69, 9.17) is 9.47 Å². The Labute approximate surface area is 171 Å². The second kappa shape index (κ2) is 7.41. The van der Waals surface area contributed by atoms with Crippen LogP contribution in [0.1, 0.15) is 24.4 Å². The smallest absolute Gasteiger partial charge is 0.132 e. The molecule has 4 aromatic rings. The molecule has 1 atom stereocenters. The van der Waals surface area contributed by atoms with Crippen LogP contribution in [0.3, 0.4) is 0 Å². The summed E-state index contributed by atoms with van der Waals surface area (Å²) in [4.78, 5) is 0. The van der Waals surface area contributed by atoms with Gasteiger partial charge in [0.15, 0.2) is 0 Å². The summed E-state index contributed by atoms with van der Waals surface area (Å²) in [5, 5.41) is 8.42. The van der Waals surface area contributed by atoms with Gasteiger partial charge >= 0.3 is 0 Å². The average molecular weight is 383 g/mol. The fourth-order valence-corrected chi connectivity index (χ4v) is 4.71. The van der Waals surface area contributed by atoms with Crippen molar-refractivity contribution in [2.45, 2.75) is 18.9 Å². The molecule has 0 aromatic heterocycles. The van der Waals surface area contributed by atoms with Crippen molar-refractivity contribution in [2.75, 3.05) is 20.8 Å². The van der Waals surface area contributed by atoms with E-state index < -0.39 is 0 Å². The van der Waals surface area contributed by atoms with Crippen LogP contribution in [0.15, 0.2) is 66.7 Å². The Kier molecular flexibility index (Phi) is 4.61. The van der Waals surface area contributed by atoms with Crippen molar-refractivity contribution in [3.63, 3.8) is 0 Å². The SMILES string of the molecule is COc1ccc2ccccc2c1-c1c(OC)c(C2CCCN2)cc2ccccc12. The summed E-state index contributed by atoms with van der Waals surface area (Å²) in [6, 6.07) is 23.8. The van der Waals surface area contributed by atoms with E-state index in [-0.39, 0.29) is 0 Å². The minimum absolute atomic E-state index is 0.314. The Hall–Kier alpha value is -3.04. The number of nitrogens with one attached hydrogen (secondary N) is 1. The lowest BCUT2D eigenvalue weighted by atomic mass is 9.88. The largest absolute Gasteiger partial charge is 0.496 e. The number of benzene rings is 4. The molecule has 5 rings (SSSR count). The van der Waals surface area contributed by atoms with Gasteiger partial charge in [-0.1, -0.05) is 54.6 Å². The number of fused-ring (bicyclic) bond motifs is 2. The van der Waals surface area contributed by atoms with Gasteiger partial charge in [0, 0.05) is 22.7 Å². The van der Waals surface area contributed by atoms with Gasteiger partial charge < -0.3 is 14.8 Å². The molecular weight excluding hydrogens is 358 g/mol. The quantitative estimate of drug-likeness (QED) is 0.462. The number of rotatable bonds is 4. The first kappa shape index (κ1) is 18.0. The molecule has 3 nitrogen and oxygen atoms in total. The first-order valence-electron chi connectivity index (χ1n) is 10.2. The highest BCUT2D eigenvalue weighted by Gasteiger charge is 2.26. The van der Waals surface area contributed by atoms with Crippen LogP contribution in [-0.2, 0) is 0 Å². The predicted octanol–water partition coefficient (Wildman–Crippen LogP) is 6.10. The number of methoxy groups -OCH3 is 2. The molecule has 1 heterocycles. The van der Waals surface area contributed by atoms with Gasteiger partial charge in [-0.2, -0.15) is 0 Å². The Morgan fingerprint density at radius 2 is 1.52 bits per heavy atom. The minimum atomic E-state index is 0.314. The molecular formula is C26H25NO2. The van der Waals surface area contributed by atoms with Crippen LogP contribution in [0.25, 0.3) is 32.7 Å². The molecule has 1 fully saturated rings. The van der Waals surface area contributed by atoms with E-state index in [2.05, 4.69) is 72.0 Å². The topological polar surface area (TPSA) is 30.5 Å². The Morgan fingerprint density at radius 3 is 2.21 bits per heavy atom. The lowest BCUT2D eigenvalue weighted by Crippen LogP contribution is -2.14. The molecule has 3 heteroatoms. The molecule has 0 bridgehead atoms. The molecule has 1 unspecified atom stereocenters. The van der Waals surface area contributed by atoms with Gasteiger partial charge in [0.1, 0.15) is 11.5 Å². The van der Waals surface area contributed by atoms with Crippen molar-refractivity contribution in [2.24, 2.45) is 0 Å². The van der Waals surface area contributed by atoms with Crippen molar-refractivity contribution in [1.29, 1.82) is 0 Å². The van der Waals surface area contributed by atoms with Crippen molar-refractivity contribution in [3.05, 3.63) is 72.3 Å². The molecule has 1 aliphatic rings. The Balaban J connectivity index is 1.94. The van der Waals surface area contributed by atoms with E-state index in [1.54, 1.807) is 14.2 Å². The molecule has 146 valence electrons. The highest BCUT2D eigenvalue weighted by atomic mass is 16.5. The van der Waals surface area contributed by atoms with Crippen LogP contribution in [-0.4, -0.2) is 20.8 Å². The Morgan fingerprint density at radius 1 is 0.793 bits per heavy atom. The maximum Gasteiger partial charge on any atom is 0.132 e. The lowest BCUT2D eigenvalue weighted by Gasteiger charge is -2.23. The fraction of sp³-hybridized carbons (Fsp3) is 0.231. The molecule has 4 aromatic carbocycles. The highest BCUT2D eigenvalue weighted by Crippen LogP contribution is 2.48. The third kappa shape index (κ3) is 2.93. The fourth-order valence-electron chi connectivity index (χ4n) is 4.71. The van der Waals surface area contributed by atoms with E-state index >= 15 is 0 Å². The predicted molar refractivity (Wildman–Crippen MR) is 120 cm³/mol. The number of ether oxygens (including phenoxy) is 2. The molecule has 0 radical (unpaired) electrons. The van der Waals surface area contributed by atoms with Crippen LogP contribution >= 0.6 is 0 Å². The molecule has 0 spiro atoms. The van der Waals surface area contributed by atoms with Crippen molar-refractivity contribution in [1.82, 2.24) is 5.32 Å². The minimum Gasteiger partial charge on any atom is -0.496 e. The maximum atomic E-state index is 6.10. The highest BCUT2D eigenvalue weighted by molar-refractivity contribution is 6.10. The maximum absolute atomic E-state index is 6.10. The number of hydrogen-bond donors (Lipinski definition) is 1. The van der Waals surface area contributed by atoms with E-state index in [0.29, 0.717) is 6.04 Å². The summed E-state index contributed by atoms with van der Waals surface area (Å²) in [6.07, 6.45) is 2.31. The second-order valence-electron chi connectivity index (χ2n) is 7.61. The number of hydrogen-bond acceptors (Lipinski definition) is 3. The van der Waals surface area contributed by atoms with Crippen molar-refractivity contribution < 1.29 is 9.47 Å². The van der Waals surface area contributed by atoms with Gasteiger partial charge in [0.2, 0.25) is 0 Å². The van der Waals surface area contributed by atoms with Crippen LogP contribution in [0.5, 0.6) is 11.5 Å². The molecule has 0 aliphatic carbocycles. The van der Waals surface area contributed by atoms with Crippen LogP contribution < -0.4 is 14.8 Å². The van der Waals surface area contributed by atoms with Gasteiger partial charge in [-0.05, 0) is 53.1 Å². The van der Waals surface area contributed by atoms with Gasteiger partial charge in [-0.3, -0.25) is 0 Å². The zero-order valence-corrected chi connectivity index (χ0v) is 16.9. The zero-order valence-electron chi connectivity index (χ0n) is 16.9. The molecule has 1 aliphatic heterocycles.